The number of carbonyl (C=O) groups is 1. The van der Waals surface area contributed by atoms with Gasteiger partial charge in [0.15, 0.2) is 0 Å². The second kappa shape index (κ2) is 6.54. The van der Waals surface area contributed by atoms with Crippen molar-refractivity contribution in [2.45, 2.75) is 32.2 Å². The zero-order valence-corrected chi connectivity index (χ0v) is 14.0. The lowest BCUT2D eigenvalue weighted by Crippen LogP contribution is -2.40. The highest BCUT2D eigenvalue weighted by atomic mass is 16.2. The molecule has 1 aromatic carbocycles. The molecule has 1 fully saturated rings. The van der Waals surface area contributed by atoms with E-state index < -0.39 is 0 Å². The highest BCUT2D eigenvalue weighted by molar-refractivity contribution is 5.98. The number of hydrogen-bond donors (Lipinski definition) is 1. The van der Waals surface area contributed by atoms with Gasteiger partial charge in [-0.05, 0) is 24.8 Å². The number of hydrogen-bond acceptors (Lipinski definition) is 3. The molecule has 1 N–H and O–H groups in total. The normalized spacial score (nSPS) is 19.3. The predicted octanol–water partition coefficient (Wildman–Crippen LogP) is 2.23. The number of rotatable bonds is 5. The molecule has 1 aromatic heterocycles. The third kappa shape index (κ3) is 3.29. The molecule has 1 saturated heterocycles. The van der Waals surface area contributed by atoms with Crippen LogP contribution in [0.15, 0.2) is 36.4 Å². The Morgan fingerprint density at radius 1 is 1.35 bits per heavy atom. The first-order chi connectivity index (χ1) is 11.1. The summed E-state index contributed by atoms with van der Waals surface area (Å²) in [6.45, 7) is 5.68. The van der Waals surface area contributed by atoms with E-state index in [1.165, 1.54) is 5.56 Å². The summed E-state index contributed by atoms with van der Waals surface area (Å²) in [7, 11) is 1.88. The van der Waals surface area contributed by atoms with Crippen molar-refractivity contribution in [1.29, 1.82) is 0 Å². The average molecular weight is 312 g/mol. The highest BCUT2D eigenvalue weighted by Gasteiger charge is 2.33. The van der Waals surface area contributed by atoms with E-state index >= 15 is 0 Å². The number of nitrogens with one attached hydrogen (secondary N) is 1. The van der Waals surface area contributed by atoms with Gasteiger partial charge in [-0.25, -0.2) is 0 Å². The van der Waals surface area contributed by atoms with E-state index in [-0.39, 0.29) is 11.9 Å². The van der Waals surface area contributed by atoms with Crippen LogP contribution in [0.5, 0.6) is 0 Å². The molecule has 23 heavy (non-hydrogen) atoms. The fraction of sp³-hybridized carbons (Fsp3) is 0.444. The van der Waals surface area contributed by atoms with Crippen molar-refractivity contribution in [2.75, 3.05) is 18.0 Å². The maximum absolute atomic E-state index is 12.6. The van der Waals surface area contributed by atoms with Gasteiger partial charge in [-0.15, -0.1) is 0 Å². The van der Waals surface area contributed by atoms with Crippen LogP contribution < -0.4 is 10.2 Å². The minimum Gasteiger partial charge on any atom is -0.305 e. The number of aromatic nitrogens is 2. The molecule has 1 aliphatic heterocycles. The maximum atomic E-state index is 12.6. The summed E-state index contributed by atoms with van der Waals surface area (Å²) in [5.41, 5.74) is 2.23. The van der Waals surface area contributed by atoms with E-state index in [1.807, 2.05) is 31.0 Å². The van der Waals surface area contributed by atoms with Gasteiger partial charge >= 0.3 is 0 Å². The molecule has 3 rings (SSSR count). The van der Waals surface area contributed by atoms with E-state index in [1.54, 1.807) is 4.68 Å². The van der Waals surface area contributed by atoms with Crippen LogP contribution in [0.3, 0.4) is 0 Å². The van der Waals surface area contributed by atoms with Crippen molar-refractivity contribution in [1.82, 2.24) is 15.1 Å². The first-order valence-corrected chi connectivity index (χ1v) is 8.16. The molecule has 0 radical (unpaired) electrons. The van der Waals surface area contributed by atoms with Gasteiger partial charge in [0.25, 0.3) is 0 Å². The largest absolute Gasteiger partial charge is 0.305 e. The second-order valence-electron chi connectivity index (χ2n) is 6.32. The Labute approximate surface area is 137 Å². The lowest BCUT2D eigenvalue weighted by molar-refractivity contribution is -0.118. The monoisotopic (exact) mass is 312 g/mol. The predicted molar refractivity (Wildman–Crippen MR) is 91.6 cm³/mol. The molecule has 2 atom stereocenters. The van der Waals surface area contributed by atoms with Crippen LogP contribution in [-0.2, 0) is 11.8 Å². The number of aryl methyl sites for hydroxylation is 2. The highest BCUT2D eigenvalue weighted by Crippen LogP contribution is 2.22. The van der Waals surface area contributed by atoms with Crippen molar-refractivity contribution < 1.29 is 4.79 Å². The average Bonchev–Trinajstić information content (AvgIpc) is 3.07. The van der Waals surface area contributed by atoms with Gasteiger partial charge in [0.05, 0.1) is 11.7 Å². The molecule has 0 spiro atoms. The molecule has 2 heterocycles. The summed E-state index contributed by atoms with van der Waals surface area (Å²) >= 11 is 0. The topological polar surface area (TPSA) is 50.2 Å². The van der Waals surface area contributed by atoms with Gasteiger partial charge in [0.2, 0.25) is 5.91 Å². The molecular weight excluding hydrogens is 288 g/mol. The van der Waals surface area contributed by atoms with Crippen molar-refractivity contribution in [3.63, 3.8) is 0 Å². The number of nitrogens with zero attached hydrogens (tertiary/aromatic N) is 3. The fourth-order valence-electron chi connectivity index (χ4n) is 3.16. The first kappa shape index (κ1) is 15.7. The molecule has 2 aromatic rings. The van der Waals surface area contributed by atoms with Crippen LogP contribution in [0.1, 0.15) is 30.5 Å². The van der Waals surface area contributed by atoms with E-state index in [0.29, 0.717) is 5.92 Å². The smallest absolute Gasteiger partial charge is 0.245 e. The number of anilines is 1. The Hall–Kier alpha value is -2.14. The molecule has 0 aliphatic carbocycles. The van der Waals surface area contributed by atoms with E-state index in [0.717, 1.165) is 31.0 Å². The first-order valence-electron chi connectivity index (χ1n) is 8.16. The molecule has 5 nitrogen and oxygen atoms in total. The molecule has 1 aliphatic rings. The van der Waals surface area contributed by atoms with Crippen LogP contribution in [0.2, 0.25) is 0 Å². The number of carbonyl (C=O) groups excluding carboxylic acids is 1. The van der Waals surface area contributed by atoms with Crippen LogP contribution in [-0.4, -0.2) is 34.8 Å². The Morgan fingerprint density at radius 2 is 2.09 bits per heavy atom. The van der Waals surface area contributed by atoms with Crippen LogP contribution in [0, 0.1) is 6.92 Å². The zero-order valence-electron chi connectivity index (χ0n) is 14.0. The third-order valence-corrected chi connectivity index (χ3v) is 4.50. The summed E-state index contributed by atoms with van der Waals surface area (Å²) in [6.07, 6.45) is 0.838. The van der Waals surface area contributed by atoms with Crippen molar-refractivity contribution in [3.05, 3.63) is 47.7 Å². The van der Waals surface area contributed by atoms with E-state index in [9.17, 15) is 4.79 Å². The molecule has 0 bridgehead atoms. The van der Waals surface area contributed by atoms with Crippen molar-refractivity contribution >= 4 is 11.7 Å². The standard InChI is InChI=1S/C18H24N4O/c1-13(15-7-5-4-6-8-15)12-19-16-9-10-22(18(16)23)17-11-14(2)20-21(17)3/h4-8,11,13,16,19H,9-10,12H2,1-3H3. The van der Waals surface area contributed by atoms with Gasteiger partial charge in [-0.3, -0.25) is 14.4 Å². The molecule has 5 heteroatoms. The van der Waals surface area contributed by atoms with Crippen molar-refractivity contribution in [2.24, 2.45) is 7.05 Å². The summed E-state index contributed by atoms with van der Waals surface area (Å²) in [5, 5.41) is 7.77. The van der Waals surface area contributed by atoms with Crippen LogP contribution >= 0.6 is 0 Å². The molecular formula is C18H24N4O. The Balaban J connectivity index is 1.60. The molecule has 2 unspecified atom stereocenters. The molecule has 122 valence electrons. The third-order valence-electron chi connectivity index (χ3n) is 4.50. The SMILES string of the molecule is Cc1cc(N2CCC(NCC(C)c3ccccc3)C2=O)n(C)n1. The van der Waals surface area contributed by atoms with Gasteiger partial charge in [-0.1, -0.05) is 37.3 Å². The minimum absolute atomic E-state index is 0.101. The zero-order chi connectivity index (χ0) is 16.4. The Bertz CT molecular complexity index is 680. The Kier molecular flexibility index (Phi) is 4.48. The lowest BCUT2D eigenvalue weighted by atomic mass is 10.0. The number of amides is 1. The van der Waals surface area contributed by atoms with Crippen LogP contribution in [0.4, 0.5) is 5.82 Å². The summed E-state index contributed by atoms with van der Waals surface area (Å²) < 4.78 is 1.78. The van der Waals surface area contributed by atoms with Gasteiger partial charge in [0, 0.05) is 26.2 Å². The second-order valence-corrected chi connectivity index (χ2v) is 6.32. The summed E-state index contributed by atoms with van der Waals surface area (Å²) in [6, 6.07) is 12.3. The van der Waals surface area contributed by atoms with Gasteiger partial charge in [0.1, 0.15) is 5.82 Å². The molecule has 0 saturated carbocycles. The minimum atomic E-state index is -0.101. The fourth-order valence-corrected chi connectivity index (χ4v) is 3.16. The quantitative estimate of drug-likeness (QED) is 0.921. The number of benzene rings is 1. The maximum Gasteiger partial charge on any atom is 0.245 e. The summed E-state index contributed by atoms with van der Waals surface area (Å²) in [4.78, 5) is 14.5. The van der Waals surface area contributed by atoms with Crippen LogP contribution in [0.25, 0.3) is 0 Å². The van der Waals surface area contributed by atoms with E-state index in [2.05, 4.69) is 41.6 Å². The lowest BCUT2D eigenvalue weighted by Gasteiger charge is -2.18. The Morgan fingerprint density at radius 3 is 2.74 bits per heavy atom. The van der Waals surface area contributed by atoms with Crippen molar-refractivity contribution in [3.8, 4) is 0 Å². The van der Waals surface area contributed by atoms with Gasteiger partial charge in [-0.2, -0.15) is 5.10 Å². The molecule has 1 amide bonds. The summed E-state index contributed by atoms with van der Waals surface area (Å²) in [5.74, 6) is 1.41. The van der Waals surface area contributed by atoms with E-state index in [4.69, 9.17) is 0 Å². The van der Waals surface area contributed by atoms with Gasteiger partial charge < -0.3 is 5.32 Å².